The summed E-state index contributed by atoms with van der Waals surface area (Å²) in [5, 5.41) is 3.24. The first-order chi connectivity index (χ1) is 10.3. The normalized spacial score (nSPS) is 10.6. The van der Waals surface area contributed by atoms with Crippen molar-refractivity contribution < 1.29 is 0 Å². The predicted molar refractivity (Wildman–Crippen MR) is 85.7 cm³/mol. The van der Waals surface area contributed by atoms with E-state index in [4.69, 9.17) is 5.84 Å². The van der Waals surface area contributed by atoms with Crippen LogP contribution in [0.5, 0.6) is 0 Å². The van der Waals surface area contributed by atoms with Crippen LogP contribution in [0.25, 0.3) is 0 Å². The molecule has 21 heavy (non-hydrogen) atoms. The van der Waals surface area contributed by atoms with E-state index in [1.807, 2.05) is 6.07 Å². The van der Waals surface area contributed by atoms with Gasteiger partial charge >= 0.3 is 0 Å². The van der Waals surface area contributed by atoms with Crippen LogP contribution >= 0.6 is 0 Å². The van der Waals surface area contributed by atoms with E-state index >= 15 is 0 Å². The van der Waals surface area contributed by atoms with E-state index in [1.54, 1.807) is 12.4 Å². The monoisotopic (exact) mass is 286 g/mol. The molecule has 0 radical (unpaired) electrons. The standard InChI is InChI=1S/C15H22N6/c1-21(12-13-6-3-2-4-7-13)9-5-8-18-14-10-17-11-15(19-14)20-16/h2-4,6-7,10-11H,5,8-9,12,16H2,1H3,(H2,18,19,20). The number of nitrogen functional groups attached to an aromatic ring is 1. The van der Waals surface area contributed by atoms with Gasteiger partial charge in [0.05, 0.1) is 12.4 Å². The Labute approximate surface area is 125 Å². The fraction of sp³-hybridized carbons (Fsp3) is 0.333. The summed E-state index contributed by atoms with van der Waals surface area (Å²) in [5.74, 6) is 6.59. The van der Waals surface area contributed by atoms with Crippen LogP contribution in [0.2, 0.25) is 0 Å². The molecule has 1 heterocycles. The van der Waals surface area contributed by atoms with Gasteiger partial charge in [0.2, 0.25) is 0 Å². The summed E-state index contributed by atoms with van der Waals surface area (Å²) in [7, 11) is 2.13. The van der Waals surface area contributed by atoms with Crippen LogP contribution in [-0.4, -0.2) is 35.0 Å². The third-order valence-electron chi connectivity index (χ3n) is 3.10. The zero-order valence-corrected chi connectivity index (χ0v) is 12.3. The highest BCUT2D eigenvalue weighted by molar-refractivity contribution is 5.40. The third-order valence-corrected chi connectivity index (χ3v) is 3.10. The average molecular weight is 286 g/mol. The topological polar surface area (TPSA) is 79.1 Å². The molecule has 2 aromatic rings. The van der Waals surface area contributed by atoms with E-state index < -0.39 is 0 Å². The van der Waals surface area contributed by atoms with E-state index in [2.05, 4.69) is 56.9 Å². The van der Waals surface area contributed by atoms with Gasteiger partial charge in [-0.3, -0.25) is 4.98 Å². The van der Waals surface area contributed by atoms with Gasteiger partial charge in [0.15, 0.2) is 5.82 Å². The van der Waals surface area contributed by atoms with Crippen LogP contribution in [0.1, 0.15) is 12.0 Å². The van der Waals surface area contributed by atoms with Crippen molar-refractivity contribution in [1.82, 2.24) is 14.9 Å². The summed E-state index contributed by atoms with van der Waals surface area (Å²) in [5.41, 5.74) is 3.82. The Morgan fingerprint density at radius 3 is 2.67 bits per heavy atom. The largest absolute Gasteiger partial charge is 0.369 e. The fourth-order valence-corrected chi connectivity index (χ4v) is 2.06. The summed E-state index contributed by atoms with van der Waals surface area (Å²) in [4.78, 5) is 10.6. The Bertz CT molecular complexity index is 531. The highest BCUT2D eigenvalue weighted by Crippen LogP contribution is 2.06. The Morgan fingerprint density at radius 2 is 1.90 bits per heavy atom. The van der Waals surface area contributed by atoms with Crippen LogP contribution < -0.4 is 16.6 Å². The number of hydrogen-bond donors (Lipinski definition) is 3. The maximum absolute atomic E-state index is 5.30. The Morgan fingerprint density at radius 1 is 1.14 bits per heavy atom. The van der Waals surface area contributed by atoms with Gasteiger partial charge < -0.3 is 15.6 Å². The molecule has 0 aliphatic carbocycles. The van der Waals surface area contributed by atoms with Crippen LogP contribution in [0.3, 0.4) is 0 Å². The van der Waals surface area contributed by atoms with Crippen molar-refractivity contribution in [2.75, 3.05) is 30.9 Å². The van der Waals surface area contributed by atoms with Crippen molar-refractivity contribution in [1.29, 1.82) is 0 Å². The Balaban J connectivity index is 1.67. The molecule has 0 spiro atoms. The highest BCUT2D eigenvalue weighted by atomic mass is 15.3. The number of aromatic nitrogens is 2. The van der Waals surface area contributed by atoms with Crippen LogP contribution in [0.4, 0.5) is 11.6 Å². The molecule has 1 aromatic heterocycles. The first-order valence-electron chi connectivity index (χ1n) is 7.03. The first-order valence-corrected chi connectivity index (χ1v) is 7.03. The summed E-state index contributed by atoms with van der Waals surface area (Å²) in [6.07, 6.45) is 4.30. The summed E-state index contributed by atoms with van der Waals surface area (Å²) < 4.78 is 0. The van der Waals surface area contributed by atoms with Crippen molar-refractivity contribution in [3.05, 3.63) is 48.3 Å². The second kappa shape index (κ2) is 8.18. The van der Waals surface area contributed by atoms with E-state index in [9.17, 15) is 0 Å². The molecule has 0 unspecified atom stereocenters. The first kappa shape index (κ1) is 15.2. The van der Waals surface area contributed by atoms with Crippen LogP contribution in [-0.2, 0) is 6.54 Å². The molecule has 0 saturated carbocycles. The lowest BCUT2D eigenvalue weighted by molar-refractivity contribution is 0.325. The van der Waals surface area contributed by atoms with Gasteiger partial charge in [0.1, 0.15) is 5.82 Å². The van der Waals surface area contributed by atoms with Crippen molar-refractivity contribution in [3.63, 3.8) is 0 Å². The van der Waals surface area contributed by atoms with Crippen molar-refractivity contribution in [2.24, 2.45) is 5.84 Å². The molecule has 2 rings (SSSR count). The molecule has 0 bridgehead atoms. The van der Waals surface area contributed by atoms with Gasteiger partial charge in [-0.25, -0.2) is 10.8 Å². The molecular weight excluding hydrogens is 264 g/mol. The van der Waals surface area contributed by atoms with E-state index in [0.717, 1.165) is 31.9 Å². The van der Waals surface area contributed by atoms with Crippen LogP contribution in [0, 0.1) is 0 Å². The molecule has 0 aliphatic heterocycles. The van der Waals surface area contributed by atoms with Crippen LogP contribution in [0.15, 0.2) is 42.7 Å². The number of benzene rings is 1. The quantitative estimate of drug-likeness (QED) is 0.389. The zero-order chi connectivity index (χ0) is 14.9. The Kier molecular flexibility index (Phi) is 5.93. The number of hydrazine groups is 1. The second-order valence-electron chi connectivity index (χ2n) is 4.94. The smallest absolute Gasteiger partial charge is 0.160 e. The molecule has 4 N–H and O–H groups in total. The fourth-order valence-electron chi connectivity index (χ4n) is 2.06. The van der Waals surface area contributed by atoms with Crippen molar-refractivity contribution >= 4 is 11.6 Å². The molecule has 6 nitrogen and oxygen atoms in total. The molecule has 0 fully saturated rings. The molecule has 1 aromatic carbocycles. The lowest BCUT2D eigenvalue weighted by Gasteiger charge is -2.16. The molecular formula is C15H22N6. The summed E-state index contributed by atoms with van der Waals surface area (Å²) >= 11 is 0. The predicted octanol–water partition coefficient (Wildman–Crippen LogP) is 1.70. The van der Waals surface area contributed by atoms with E-state index in [-0.39, 0.29) is 0 Å². The SMILES string of the molecule is CN(CCCNc1cncc(NN)n1)Cc1ccccc1. The summed E-state index contributed by atoms with van der Waals surface area (Å²) in [6, 6.07) is 10.5. The Hall–Kier alpha value is -2.18. The lowest BCUT2D eigenvalue weighted by Crippen LogP contribution is -2.21. The minimum atomic E-state index is 0.557. The molecule has 0 aliphatic rings. The van der Waals surface area contributed by atoms with Crippen molar-refractivity contribution in [2.45, 2.75) is 13.0 Å². The molecule has 0 saturated heterocycles. The number of nitrogens with one attached hydrogen (secondary N) is 2. The molecule has 0 amide bonds. The second-order valence-corrected chi connectivity index (χ2v) is 4.94. The number of anilines is 2. The van der Waals surface area contributed by atoms with E-state index in [0.29, 0.717) is 5.82 Å². The van der Waals surface area contributed by atoms with Gasteiger partial charge in [-0.05, 0) is 25.6 Å². The lowest BCUT2D eigenvalue weighted by atomic mass is 10.2. The zero-order valence-electron chi connectivity index (χ0n) is 12.3. The van der Waals surface area contributed by atoms with Gasteiger partial charge in [-0.2, -0.15) is 0 Å². The van der Waals surface area contributed by atoms with E-state index in [1.165, 1.54) is 5.56 Å². The minimum absolute atomic E-state index is 0.557. The number of rotatable bonds is 8. The molecule has 6 heteroatoms. The number of nitrogens with zero attached hydrogens (tertiary/aromatic N) is 3. The van der Waals surface area contributed by atoms with Gasteiger partial charge in [-0.1, -0.05) is 30.3 Å². The molecule has 0 atom stereocenters. The van der Waals surface area contributed by atoms with Gasteiger partial charge in [-0.15, -0.1) is 0 Å². The minimum Gasteiger partial charge on any atom is -0.369 e. The van der Waals surface area contributed by atoms with Gasteiger partial charge in [0, 0.05) is 13.1 Å². The number of nitrogens with two attached hydrogens (primary N) is 1. The number of hydrogen-bond acceptors (Lipinski definition) is 6. The third kappa shape index (κ3) is 5.37. The summed E-state index contributed by atoms with van der Waals surface area (Å²) in [6.45, 7) is 2.83. The average Bonchev–Trinajstić information content (AvgIpc) is 2.53. The molecule has 112 valence electrons. The van der Waals surface area contributed by atoms with Crippen molar-refractivity contribution in [3.8, 4) is 0 Å². The highest BCUT2D eigenvalue weighted by Gasteiger charge is 2.00. The maximum atomic E-state index is 5.30. The maximum Gasteiger partial charge on any atom is 0.160 e. The van der Waals surface area contributed by atoms with Gasteiger partial charge in [0.25, 0.3) is 0 Å².